The van der Waals surface area contributed by atoms with Crippen molar-refractivity contribution in [2.75, 3.05) is 18.0 Å². The van der Waals surface area contributed by atoms with E-state index in [1.165, 1.54) is 4.90 Å². The van der Waals surface area contributed by atoms with Crippen molar-refractivity contribution >= 4 is 23.4 Å². The minimum atomic E-state index is -0.927. The van der Waals surface area contributed by atoms with E-state index in [2.05, 4.69) is 15.3 Å². The van der Waals surface area contributed by atoms with Gasteiger partial charge in [-0.1, -0.05) is 97.9 Å². The number of ether oxygens (including phenoxy) is 1. The zero-order valence-electron chi connectivity index (χ0n) is 27.8. The lowest BCUT2D eigenvalue weighted by Gasteiger charge is -2.30. The van der Waals surface area contributed by atoms with Gasteiger partial charge in [0.1, 0.15) is 24.9 Å². The molecule has 5 rings (SSSR count). The van der Waals surface area contributed by atoms with Crippen LogP contribution in [0.1, 0.15) is 42.1 Å². The number of aromatic nitrogens is 2. The second-order valence-electron chi connectivity index (χ2n) is 11.9. The Hall–Kier alpha value is -5.70. The number of para-hydroxylation sites is 1. The molecule has 3 amide bonds. The average Bonchev–Trinajstić information content (AvgIpc) is 3.66. The lowest BCUT2D eigenvalue weighted by molar-refractivity contribution is -0.139. The summed E-state index contributed by atoms with van der Waals surface area (Å²) in [5.41, 5.74) is 4.32. The minimum absolute atomic E-state index is 0.162. The zero-order valence-corrected chi connectivity index (χ0v) is 27.8. The van der Waals surface area contributed by atoms with Crippen molar-refractivity contribution in [2.45, 2.75) is 51.8 Å². The molecule has 0 radical (unpaired) electrons. The summed E-state index contributed by atoms with van der Waals surface area (Å²) in [5.74, 6) is -0.126. The number of aromatic amines is 1. The first-order chi connectivity index (χ1) is 24.0. The van der Waals surface area contributed by atoms with Crippen molar-refractivity contribution in [3.63, 3.8) is 0 Å². The van der Waals surface area contributed by atoms with E-state index in [-0.39, 0.29) is 43.7 Å². The highest BCUT2D eigenvalue weighted by atomic mass is 16.5. The topological polar surface area (TPSA) is 108 Å². The Morgan fingerprint density at radius 1 is 0.816 bits per heavy atom. The molecule has 0 aliphatic heterocycles. The van der Waals surface area contributed by atoms with Crippen molar-refractivity contribution in [3.05, 3.63) is 150 Å². The summed E-state index contributed by atoms with van der Waals surface area (Å²) >= 11 is 0. The highest BCUT2D eigenvalue weighted by Gasteiger charge is 2.30. The summed E-state index contributed by atoms with van der Waals surface area (Å²) in [6.45, 7) is 2.95. The van der Waals surface area contributed by atoms with Crippen LogP contribution in [-0.4, -0.2) is 51.7 Å². The molecular formula is C40H43N5O4. The first-order valence-electron chi connectivity index (χ1n) is 16.7. The second kappa shape index (κ2) is 18.0. The van der Waals surface area contributed by atoms with Gasteiger partial charge in [-0.3, -0.25) is 14.4 Å². The normalized spacial score (nSPS) is 11.4. The molecule has 0 saturated heterocycles. The molecule has 9 nitrogen and oxygen atoms in total. The number of rotatable bonds is 17. The Kier molecular flexibility index (Phi) is 12.7. The summed E-state index contributed by atoms with van der Waals surface area (Å²) in [6, 6.07) is 35.7. The van der Waals surface area contributed by atoms with Crippen molar-refractivity contribution in [2.24, 2.45) is 0 Å². The van der Waals surface area contributed by atoms with E-state index in [9.17, 15) is 14.4 Å². The summed E-state index contributed by atoms with van der Waals surface area (Å²) in [4.78, 5) is 52.1. The number of aryl methyl sites for hydroxylation is 1. The third-order valence-electron chi connectivity index (χ3n) is 8.08. The minimum Gasteiger partial charge on any atom is -0.489 e. The van der Waals surface area contributed by atoms with Gasteiger partial charge in [0.2, 0.25) is 17.7 Å². The van der Waals surface area contributed by atoms with Gasteiger partial charge in [-0.05, 0) is 53.8 Å². The molecule has 9 heteroatoms. The molecule has 49 heavy (non-hydrogen) atoms. The van der Waals surface area contributed by atoms with Crippen LogP contribution in [0.4, 0.5) is 5.69 Å². The van der Waals surface area contributed by atoms with E-state index in [1.54, 1.807) is 17.4 Å². The molecule has 4 aromatic carbocycles. The van der Waals surface area contributed by atoms with Crippen LogP contribution in [0.3, 0.4) is 0 Å². The maximum absolute atomic E-state index is 14.4. The molecule has 252 valence electrons. The predicted octanol–water partition coefficient (Wildman–Crippen LogP) is 6.12. The molecule has 1 aromatic heterocycles. The largest absolute Gasteiger partial charge is 0.489 e. The van der Waals surface area contributed by atoms with Gasteiger partial charge < -0.3 is 24.8 Å². The van der Waals surface area contributed by atoms with E-state index in [0.29, 0.717) is 31.0 Å². The van der Waals surface area contributed by atoms with Gasteiger partial charge in [0.05, 0.1) is 12.0 Å². The van der Waals surface area contributed by atoms with E-state index in [0.717, 1.165) is 28.8 Å². The van der Waals surface area contributed by atoms with Gasteiger partial charge in [0.25, 0.3) is 0 Å². The van der Waals surface area contributed by atoms with Crippen LogP contribution in [0.15, 0.2) is 128 Å². The van der Waals surface area contributed by atoms with Crippen LogP contribution in [0.25, 0.3) is 0 Å². The SMILES string of the molecule is CCCN(C(=O)CN(Cc1ccc(OCc2ccccc2)cc1)C(=O)C(Cc1c[nH]cn1)NC(=O)CCc1ccccc1)c1ccccc1. The molecule has 1 atom stereocenters. The molecule has 2 N–H and O–H groups in total. The van der Waals surface area contributed by atoms with Crippen LogP contribution in [-0.2, 0) is 40.4 Å². The Bertz CT molecular complexity index is 1730. The van der Waals surface area contributed by atoms with Gasteiger partial charge in [-0.15, -0.1) is 0 Å². The first kappa shape index (κ1) is 34.6. The molecule has 1 unspecified atom stereocenters. The van der Waals surface area contributed by atoms with Gasteiger partial charge in [-0.2, -0.15) is 0 Å². The Morgan fingerprint density at radius 2 is 1.47 bits per heavy atom. The van der Waals surface area contributed by atoms with Crippen molar-refractivity contribution in [3.8, 4) is 5.75 Å². The molecule has 0 spiro atoms. The quantitative estimate of drug-likeness (QED) is 0.125. The highest BCUT2D eigenvalue weighted by Crippen LogP contribution is 2.19. The average molecular weight is 658 g/mol. The lowest BCUT2D eigenvalue weighted by Crippen LogP contribution is -2.52. The summed E-state index contributed by atoms with van der Waals surface area (Å²) < 4.78 is 5.97. The third kappa shape index (κ3) is 10.7. The first-order valence-corrected chi connectivity index (χ1v) is 16.7. The number of benzene rings is 4. The molecule has 0 aliphatic carbocycles. The van der Waals surface area contributed by atoms with Crippen molar-refractivity contribution < 1.29 is 19.1 Å². The van der Waals surface area contributed by atoms with E-state index < -0.39 is 6.04 Å². The fraction of sp³-hybridized carbons (Fsp3) is 0.250. The summed E-state index contributed by atoms with van der Waals surface area (Å²) in [5, 5.41) is 2.96. The van der Waals surface area contributed by atoms with Gasteiger partial charge in [0.15, 0.2) is 0 Å². The molecule has 1 heterocycles. The Labute approximate surface area is 288 Å². The van der Waals surface area contributed by atoms with Crippen molar-refractivity contribution in [1.82, 2.24) is 20.2 Å². The number of imidazole rings is 1. The second-order valence-corrected chi connectivity index (χ2v) is 11.9. The van der Waals surface area contributed by atoms with Crippen LogP contribution in [0.5, 0.6) is 5.75 Å². The molecule has 5 aromatic rings. The van der Waals surface area contributed by atoms with Crippen LogP contribution in [0, 0.1) is 0 Å². The number of carbonyl (C=O) groups is 3. The fourth-order valence-corrected chi connectivity index (χ4v) is 5.54. The third-order valence-corrected chi connectivity index (χ3v) is 8.08. The maximum atomic E-state index is 14.4. The number of hydrogen-bond donors (Lipinski definition) is 2. The van der Waals surface area contributed by atoms with Gasteiger partial charge >= 0.3 is 0 Å². The van der Waals surface area contributed by atoms with Crippen molar-refractivity contribution in [1.29, 1.82) is 0 Å². The number of H-pyrrole nitrogens is 1. The molecular weight excluding hydrogens is 614 g/mol. The number of nitrogens with one attached hydrogen (secondary N) is 2. The Balaban J connectivity index is 1.36. The summed E-state index contributed by atoms with van der Waals surface area (Å²) in [6.07, 6.45) is 4.93. The molecule has 0 saturated carbocycles. The fourth-order valence-electron chi connectivity index (χ4n) is 5.54. The maximum Gasteiger partial charge on any atom is 0.246 e. The number of hydrogen-bond acceptors (Lipinski definition) is 5. The number of anilines is 1. The van der Waals surface area contributed by atoms with Crippen LogP contribution >= 0.6 is 0 Å². The number of nitrogens with zero attached hydrogens (tertiary/aromatic N) is 3. The lowest BCUT2D eigenvalue weighted by atomic mass is 10.1. The van der Waals surface area contributed by atoms with Crippen LogP contribution in [0.2, 0.25) is 0 Å². The molecule has 0 aliphatic rings. The predicted molar refractivity (Wildman–Crippen MR) is 191 cm³/mol. The molecule has 0 fully saturated rings. The van der Waals surface area contributed by atoms with Gasteiger partial charge in [-0.25, -0.2) is 4.98 Å². The summed E-state index contributed by atoms with van der Waals surface area (Å²) in [7, 11) is 0. The standard InChI is InChI=1S/C40H43N5O4/c1-2-24-45(35-16-10-5-11-17-35)39(47)28-44(27-32-18-21-36(22-19-32)49-29-33-14-8-4-9-15-33)40(48)37(25-34-26-41-30-42-34)43-38(46)23-20-31-12-6-3-7-13-31/h3-19,21-22,26,30,37H,2,20,23-25,27-29H2,1H3,(H,41,42)(H,43,46). The van der Waals surface area contributed by atoms with Crippen LogP contribution < -0.4 is 15.0 Å². The van der Waals surface area contributed by atoms with E-state index >= 15 is 0 Å². The van der Waals surface area contributed by atoms with Gasteiger partial charge in [0, 0.05) is 37.8 Å². The number of carbonyl (C=O) groups excluding carboxylic acids is 3. The smallest absolute Gasteiger partial charge is 0.246 e. The Morgan fingerprint density at radius 3 is 2.10 bits per heavy atom. The zero-order chi connectivity index (χ0) is 34.3. The highest BCUT2D eigenvalue weighted by molar-refractivity contribution is 5.98. The molecule has 0 bridgehead atoms. The monoisotopic (exact) mass is 657 g/mol. The van der Waals surface area contributed by atoms with E-state index in [4.69, 9.17) is 4.74 Å². The van der Waals surface area contributed by atoms with E-state index in [1.807, 2.05) is 122 Å². The number of amides is 3.